The average Bonchev–Trinajstić information content (AvgIpc) is 2.27. The SMILES string of the molecule is Cc1cc2nc(C)oc2cn1. The van der Waals surface area contributed by atoms with Gasteiger partial charge in [-0.05, 0) is 13.0 Å². The molecule has 0 aliphatic carbocycles. The van der Waals surface area contributed by atoms with E-state index >= 15 is 0 Å². The average molecular weight is 148 g/mol. The lowest BCUT2D eigenvalue weighted by Gasteiger charge is -1.86. The fourth-order valence-electron chi connectivity index (χ4n) is 1.05. The van der Waals surface area contributed by atoms with Crippen LogP contribution < -0.4 is 0 Å². The van der Waals surface area contributed by atoms with Gasteiger partial charge in [0, 0.05) is 12.6 Å². The lowest BCUT2D eigenvalue weighted by Crippen LogP contribution is -1.77. The Bertz CT molecular complexity index is 392. The zero-order chi connectivity index (χ0) is 7.84. The van der Waals surface area contributed by atoms with Crippen LogP contribution in [0.15, 0.2) is 16.7 Å². The Kier molecular flexibility index (Phi) is 1.18. The highest BCUT2D eigenvalue weighted by Crippen LogP contribution is 2.13. The van der Waals surface area contributed by atoms with Crippen LogP contribution >= 0.6 is 0 Å². The molecular weight excluding hydrogens is 140 g/mol. The zero-order valence-corrected chi connectivity index (χ0v) is 6.46. The summed E-state index contributed by atoms with van der Waals surface area (Å²) >= 11 is 0. The molecule has 0 aliphatic rings. The number of aryl methyl sites for hydroxylation is 2. The number of rotatable bonds is 0. The third-order valence-corrected chi connectivity index (χ3v) is 1.52. The van der Waals surface area contributed by atoms with Crippen molar-refractivity contribution in [2.75, 3.05) is 0 Å². The summed E-state index contributed by atoms with van der Waals surface area (Å²) in [5.41, 5.74) is 2.61. The fraction of sp³-hybridized carbons (Fsp3) is 0.250. The number of oxazole rings is 1. The predicted octanol–water partition coefficient (Wildman–Crippen LogP) is 1.84. The van der Waals surface area contributed by atoms with Gasteiger partial charge in [0.05, 0.1) is 6.20 Å². The quantitative estimate of drug-likeness (QED) is 0.572. The van der Waals surface area contributed by atoms with E-state index in [1.54, 1.807) is 6.20 Å². The van der Waals surface area contributed by atoms with Gasteiger partial charge in [0.2, 0.25) is 0 Å². The number of hydrogen-bond donors (Lipinski definition) is 0. The minimum Gasteiger partial charge on any atom is -0.439 e. The second kappa shape index (κ2) is 2.05. The summed E-state index contributed by atoms with van der Waals surface area (Å²) in [6.45, 7) is 3.76. The Morgan fingerprint density at radius 2 is 2.18 bits per heavy atom. The first-order valence-electron chi connectivity index (χ1n) is 3.45. The highest BCUT2D eigenvalue weighted by Gasteiger charge is 2.00. The van der Waals surface area contributed by atoms with E-state index in [1.807, 2.05) is 19.9 Å². The second-order valence-electron chi connectivity index (χ2n) is 2.53. The lowest BCUT2D eigenvalue weighted by atomic mass is 10.3. The molecular formula is C8H8N2O. The van der Waals surface area contributed by atoms with Crippen LogP contribution in [0.2, 0.25) is 0 Å². The molecule has 0 unspecified atom stereocenters. The molecule has 3 nitrogen and oxygen atoms in total. The highest BCUT2D eigenvalue weighted by atomic mass is 16.3. The van der Waals surface area contributed by atoms with Gasteiger partial charge in [-0.1, -0.05) is 0 Å². The number of fused-ring (bicyclic) bond motifs is 1. The zero-order valence-electron chi connectivity index (χ0n) is 6.46. The molecule has 0 radical (unpaired) electrons. The summed E-state index contributed by atoms with van der Waals surface area (Å²) in [6, 6.07) is 1.91. The molecule has 0 bridgehead atoms. The lowest BCUT2D eigenvalue weighted by molar-refractivity contribution is 0.560. The minimum atomic E-state index is 0.687. The van der Waals surface area contributed by atoms with Gasteiger partial charge in [-0.3, -0.25) is 4.98 Å². The smallest absolute Gasteiger partial charge is 0.192 e. The van der Waals surface area contributed by atoms with Crippen molar-refractivity contribution in [1.29, 1.82) is 0 Å². The van der Waals surface area contributed by atoms with E-state index in [9.17, 15) is 0 Å². The van der Waals surface area contributed by atoms with Crippen LogP contribution in [-0.2, 0) is 0 Å². The maximum atomic E-state index is 5.25. The van der Waals surface area contributed by atoms with Gasteiger partial charge in [-0.25, -0.2) is 4.98 Å². The van der Waals surface area contributed by atoms with Crippen molar-refractivity contribution in [2.45, 2.75) is 13.8 Å². The largest absolute Gasteiger partial charge is 0.439 e. The molecule has 11 heavy (non-hydrogen) atoms. The number of hydrogen-bond acceptors (Lipinski definition) is 3. The molecule has 2 rings (SSSR count). The van der Waals surface area contributed by atoms with E-state index in [0.717, 1.165) is 16.8 Å². The van der Waals surface area contributed by atoms with Gasteiger partial charge in [-0.15, -0.1) is 0 Å². The van der Waals surface area contributed by atoms with Crippen LogP contribution in [0.25, 0.3) is 11.1 Å². The van der Waals surface area contributed by atoms with Crippen LogP contribution in [0.5, 0.6) is 0 Å². The molecule has 2 aromatic heterocycles. The van der Waals surface area contributed by atoms with E-state index < -0.39 is 0 Å². The first-order chi connectivity index (χ1) is 5.25. The molecule has 0 saturated carbocycles. The van der Waals surface area contributed by atoms with Gasteiger partial charge in [0.1, 0.15) is 5.52 Å². The van der Waals surface area contributed by atoms with E-state index in [-0.39, 0.29) is 0 Å². The first kappa shape index (κ1) is 6.34. The van der Waals surface area contributed by atoms with Crippen molar-refractivity contribution in [2.24, 2.45) is 0 Å². The van der Waals surface area contributed by atoms with Crippen LogP contribution in [-0.4, -0.2) is 9.97 Å². The molecule has 56 valence electrons. The van der Waals surface area contributed by atoms with E-state index in [4.69, 9.17) is 4.42 Å². The number of nitrogens with zero attached hydrogens (tertiary/aromatic N) is 2. The van der Waals surface area contributed by atoms with Gasteiger partial charge >= 0.3 is 0 Å². The molecule has 0 spiro atoms. The van der Waals surface area contributed by atoms with Crippen molar-refractivity contribution in [1.82, 2.24) is 9.97 Å². The van der Waals surface area contributed by atoms with Crippen molar-refractivity contribution >= 4 is 11.1 Å². The maximum absolute atomic E-state index is 5.25. The predicted molar refractivity (Wildman–Crippen MR) is 41.3 cm³/mol. The van der Waals surface area contributed by atoms with Crippen molar-refractivity contribution in [3.63, 3.8) is 0 Å². The van der Waals surface area contributed by atoms with Gasteiger partial charge in [0.25, 0.3) is 0 Å². The van der Waals surface area contributed by atoms with Crippen molar-refractivity contribution < 1.29 is 4.42 Å². The Morgan fingerprint density at radius 1 is 1.36 bits per heavy atom. The Hall–Kier alpha value is -1.38. The van der Waals surface area contributed by atoms with Crippen LogP contribution in [0.1, 0.15) is 11.6 Å². The number of aromatic nitrogens is 2. The van der Waals surface area contributed by atoms with E-state index in [1.165, 1.54) is 0 Å². The van der Waals surface area contributed by atoms with Crippen molar-refractivity contribution in [3.8, 4) is 0 Å². The molecule has 0 saturated heterocycles. The molecule has 0 aliphatic heterocycles. The summed E-state index contributed by atoms with van der Waals surface area (Å²) in [4.78, 5) is 8.25. The summed E-state index contributed by atoms with van der Waals surface area (Å²) < 4.78 is 5.25. The van der Waals surface area contributed by atoms with Crippen molar-refractivity contribution in [3.05, 3.63) is 23.8 Å². The topological polar surface area (TPSA) is 38.9 Å². The molecule has 0 aromatic carbocycles. The minimum absolute atomic E-state index is 0.687. The van der Waals surface area contributed by atoms with E-state index in [0.29, 0.717) is 5.89 Å². The molecule has 0 atom stereocenters. The Balaban J connectivity index is 2.82. The summed E-state index contributed by atoms with van der Waals surface area (Å²) in [6.07, 6.45) is 1.70. The molecule has 3 heteroatoms. The van der Waals surface area contributed by atoms with Crippen LogP contribution in [0.3, 0.4) is 0 Å². The van der Waals surface area contributed by atoms with Gasteiger partial charge in [0.15, 0.2) is 11.5 Å². The Labute approximate surface area is 64.1 Å². The van der Waals surface area contributed by atoms with Gasteiger partial charge in [-0.2, -0.15) is 0 Å². The summed E-state index contributed by atoms with van der Waals surface area (Å²) in [7, 11) is 0. The van der Waals surface area contributed by atoms with Gasteiger partial charge < -0.3 is 4.42 Å². The molecule has 0 N–H and O–H groups in total. The summed E-state index contributed by atoms with van der Waals surface area (Å²) in [5, 5.41) is 0. The van der Waals surface area contributed by atoms with E-state index in [2.05, 4.69) is 9.97 Å². The first-order valence-corrected chi connectivity index (χ1v) is 3.45. The van der Waals surface area contributed by atoms with Crippen LogP contribution in [0, 0.1) is 13.8 Å². The van der Waals surface area contributed by atoms with Crippen LogP contribution in [0.4, 0.5) is 0 Å². The molecule has 2 aromatic rings. The second-order valence-corrected chi connectivity index (χ2v) is 2.53. The number of pyridine rings is 1. The third kappa shape index (κ3) is 0.981. The maximum Gasteiger partial charge on any atom is 0.192 e. The molecule has 2 heterocycles. The molecule has 0 amide bonds. The molecule has 0 fully saturated rings. The standard InChI is InChI=1S/C8H8N2O/c1-5-3-7-8(4-9-5)11-6(2)10-7/h3-4H,1-2H3. The summed E-state index contributed by atoms with van der Waals surface area (Å²) in [5.74, 6) is 0.687. The Morgan fingerprint density at radius 3 is 3.00 bits per heavy atom. The fourth-order valence-corrected chi connectivity index (χ4v) is 1.05. The highest BCUT2D eigenvalue weighted by molar-refractivity contribution is 5.71. The monoisotopic (exact) mass is 148 g/mol. The third-order valence-electron chi connectivity index (χ3n) is 1.52. The normalized spacial score (nSPS) is 10.7.